The van der Waals surface area contributed by atoms with E-state index in [0.717, 1.165) is 0 Å². The Bertz CT molecular complexity index is 142. The van der Waals surface area contributed by atoms with Crippen LogP contribution in [0.5, 0.6) is 0 Å². The third kappa shape index (κ3) is 14.8. The van der Waals surface area contributed by atoms with Crippen molar-refractivity contribution in [3.8, 4) is 0 Å². The summed E-state index contributed by atoms with van der Waals surface area (Å²) in [6, 6.07) is 0. The Morgan fingerprint density at radius 2 is 0.824 bits per heavy atom. The SMILES string of the molecule is CCC[PH](C)(CCC)CCC.CC[PH](C)(C)C. The molecule has 2 heteroatoms. The fraction of sp³-hybridized carbons (Fsp3) is 1.00. The molecule has 0 rings (SSSR count). The van der Waals surface area contributed by atoms with Crippen LogP contribution in [0.3, 0.4) is 0 Å². The van der Waals surface area contributed by atoms with E-state index in [9.17, 15) is 0 Å². The van der Waals surface area contributed by atoms with Gasteiger partial charge in [0.15, 0.2) is 0 Å². The molecule has 0 spiro atoms. The Balaban J connectivity index is 0. The second-order valence-corrected chi connectivity index (χ2v) is 17.9. The molecule has 0 aromatic carbocycles. The fourth-order valence-electron chi connectivity index (χ4n) is 2.19. The van der Waals surface area contributed by atoms with Crippen molar-refractivity contribution in [1.29, 1.82) is 0 Å². The average Bonchev–Trinajstić information content (AvgIpc) is 2.18. The van der Waals surface area contributed by atoms with Gasteiger partial charge in [0.2, 0.25) is 0 Å². The van der Waals surface area contributed by atoms with E-state index in [2.05, 4.69) is 54.4 Å². The molecule has 0 N–H and O–H groups in total. The Labute approximate surface area is 113 Å². The fourth-order valence-corrected chi connectivity index (χ4v) is 6.56. The molecule has 17 heavy (non-hydrogen) atoms. The van der Waals surface area contributed by atoms with Gasteiger partial charge in [-0.3, -0.25) is 0 Å². The molecule has 0 aliphatic rings. The Morgan fingerprint density at radius 3 is 0.941 bits per heavy atom. The molecule has 0 heterocycles. The van der Waals surface area contributed by atoms with Crippen molar-refractivity contribution in [2.75, 3.05) is 51.3 Å². The van der Waals surface area contributed by atoms with Gasteiger partial charge in [0.1, 0.15) is 0 Å². The number of rotatable bonds is 7. The van der Waals surface area contributed by atoms with Crippen LogP contribution < -0.4 is 0 Å². The Hall–Kier alpha value is 0.860. The maximum atomic E-state index is 2.59. The monoisotopic (exact) mass is 282 g/mol. The van der Waals surface area contributed by atoms with Crippen molar-refractivity contribution in [2.45, 2.75) is 47.0 Å². The molecule has 0 aromatic heterocycles. The van der Waals surface area contributed by atoms with Crippen molar-refractivity contribution < 1.29 is 0 Å². The topological polar surface area (TPSA) is 0 Å². The van der Waals surface area contributed by atoms with Gasteiger partial charge in [-0.2, -0.15) is 0 Å². The van der Waals surface area contributed by atoms with Crippen molar-refractivity contribution in [1.82, 2.24) is 0 Å². The van der Waals surface area contributed by atoms with Crippen LogP contribution in [-0.2, 0) is 0 Å². The van der Waals surface area contributed by atoms with Gasteiger partial charge in [-0.05, 0) is 0 Å². The number of hydrogen-bond acceptors (Lipinski definition) is 0. The van der Waals surface area contributed by atoms with Gasteiger partial charge < -0.3 is 0 Å². The summed E-state index contributed by atoms with van der Waals surface area (Å²) in [5, 5.41) is 0. The molecule has 0 bridgehead atoms. The van der Waals surface area contributed by atoms with Crippen LogP contribution in [0, 0.1) is 0 Å². The summed E-state index contributed by atoms with van der Waals surface area (Å²) in [7, 11) is -1.38. The zero-order chi connectivity index (χ0) is 13.9. The van der Waals surface area contributed by atoms with Gasteiger partial charge in [0, 0.05) is 0 Å². The Morgan fingerprint density at radius 1 is 0.588 bits per heavy atom. The van der Waals surface area contributed by atoms with E-state index in [1.165, 1.54) is 25.4 Å². The van der Waals surface area contributed by atoms with Crippen molar-refractivity contribution in [3.05, 3.63) is 0 Å². The standard InChI is InChI=1S/C10H25P.C5H15P/c1-5-8-11(4,9-6-2)10-7-3;1-5-6(2,3)4/h11H,5-10H2,1-4H3;6H,5H2,1-4H3. The van der Waals surface area contributed by atoms with E-state index >= 15 is 0 Å². The van der Waals surface area contributed by atoms with E-state index in [-0.39, 0.29) is 0 Å². The normalized spacial score (nSPS) is 13.9. The first-order valence-electron chi connectivity index (χ1n) is 7.74. The van der Waals surface area contributed by atoms with E-state index < -0.39 is 14.5 Å². The van der Waals surface area contributed by atoms with Crippen LogP contribution in [0.15, 0.2) is 0 Å². The second-order valence-electron chi connectivity index (χ2n) is 6.97. The first-order valence-corrected chi connectivity index (χ1v) is 14.6. The molecular weight excluding hydrogens is 242 g/mol. The van der Waals surface area contributed by atoms with E-state index in [0.29, 0.717) is 0 Å². The molecule has 0 saturated heterocycles. The minimum absolute atomic E-state index is 0.631. The van der Waals surface area contributed by atoms with Crippen LogP contribution in [0.25, 0.3) is 0 Å². The van der Waals surface area contributed by atoms with Gasteiger partial charge in [-0.15, -0.1) is 0 Å². The minimum atomic E-state index is -0.749. The van der Waals surface area contributed by atoms with Crippen LogP contribution >= 0.6 is 14.5 Å². The molecular formula is C15H40P2. The summed E-state index contributed by atoms with van der Waals surface area (Å²) in [5.41, 5.74) is 0. The molecule has 0 amide bonds. The van der Waals surface area contributed by atoms with E-state index in [1.807, 2.05) is 0 Å². The zero-order valence-electron chi connectivity index (χ0n) is 13.9. The van der Waals surface area contributed by atoms with Gasteiger partial charge in [0.05, 0.1) is 0 Å². The molecule has 0 nitrogen and oxygen atoms in total. The third-order valence-electron chi connectivity index (χ3n) is 3.62. The van der Waals surface area contributed by atoms with Gasteiger partial charge >= 0.3 is 113 Å². The summed E-state index contributed by atoms with van der Waals surface area (Å²) in [6.45, 7) is 19.0. The Kier molecular flexibility index (Phi) is 12.8. The van der Waals surface area contributed by atoms with Crippen LogP contribution in [0.2, 0.25) is 0 Å². The summed E-state index contributed by atoms with van der Waals surface area (Å²) in [4.78, 5) is 0. The molecule has 0 radical (unpaired) electrons. The maximum absolute atomic E-state index is 2.59. The van der Waals surface area contributed by atoms with E-state index in [1.54, 1.807) is 18.5 Å². The summed E-state index contributed by atoms with van der Waals surface area (Å²) in [5.74, 6) is 0. The summed E-state index contributed by atoms with van der Waals surface area (Å²) in [6.07, 6.45) is 10.3. The molecule has 0 aliphatic carbocycles. The molecule has 0 fully saturated rings. The molecule has 110 valence electrons. The van der Waals surface area contributed by atoms with Crippen molar-refractivity contribution >= 4 is 14.5 Å². The summed E-state index contributed by atoms with van der Waals surface area (Å²) < 4.78 is 0. The molecule has 0 unspecified atom stereocenters. The molecule has 0 saturated carbocycles. The third-order valence-corrected chi connectivity index (χ3v) is 10.9. The predicted molar refractivity (Wildman–Crippen MR) is 96.3 cm³/mol. The van der Waals surface area contributed by atoms with Crippen LogP contribution in [0.1, 0.15) is 47.0 Å². The molecule has 0 atom stereocenters. The average molecular weight is 282 g/mol. The van der Waals surface area contributed by atoms with Gasteiger partial charge in [0.25, 0.3) is 0 Å². The van der Waals surface area contributed by atoms with Gasteiger partial charge in [-0.25, -0.2) is 0 Å². The predicted octanol–water partition coefficient (Wildman–Crippen LogP) is 5.24. The van der Waals surface area contributed by atoms with Crippen LogP contribution in [0.4, 0.5) is 0 Å². The van der Waals surface area contributed by atoms with Crippen molar-refractivity contribution in [3.63, 3.8) is 0 Å². The molecule has 0 aromatic rings. The first kappa shape index (κ1) is 20.2. The first-order chi connectivity index (χ1) is 7.74. The van der Waals surface area contributed by atoms with Gasteiger partial charge in [-0.1, -0.05) is 0 Å². The van der Waals surface area contributed by atoms with Crippen LogP contribution in [-0.4, -0.2) is 51.3 Å². The van der Waals surface area contributed by atoms with E-state index in [4.69, 9.17) is 0 Å². The second kappa shape index (κ2) is 10.8. The number of hydrogen-bond donors (Lipinski definition) is 0. The zero-order valence-corrected chi connectivity index (χ0v) is 15.9. The summed E-state index contributed by atoms with van der Waals surface area (Å²) >= 11 is 0. The molecule has 0 aliphatic heterocycles. The van der Waals surface area contributed by atoms with Crippen molar-refractivity contribution in [2.24, 2.45) is 0 Å². The quantitative estimate of drug-likeness (QED) is 0.560.